The molecule has 126 valence electrons. The number of nitrogens with zero attached hydrogens (tertiary/aromatic N) is 2. The third-order valence-electron chi connectivity index (χ3n) is 4.81. The molecule has 2 aromatic carbocycles. The van der Waals surface area contributed by atoms with Crippen LogP contribution in [0.25, 0.3) is 0 Å². The number of aromatic nitrogens is 1. The molecule has 4 rings (SSSR count). The fourth-order valence-corrected chi connectivity index (χ4v) is 3.56. The van der Waals surface area contributed by atoms with Crippen molar-refractivity contribution in [3.05, 3.63) is 89.7 Å². The molecule has 1 amide bonds. The van der Waals surface area contributed by atoms with Crippen molar-refractivity contribution in [2.75, 3.05) is 6.54 Å². The molecule has 0 unspecified atom stereocenters. The van der Waals surface area contributed by atoms with Gasteiger partial charge in [-0.05, 0) is 23.8 Å². The van der Waals surface area contributed by atoms with Crippen LogP contribution in [0.5, 0.6) is 5.75 Å². The average Bonchev–Trinajstić information content (AvgIpc) is 3.12. The number of amides is 1. The number of hydrogen-bond donors (Lipinski definition) is 1. The minimum atomic E-state index is -0.0942. The standard InChI is InChI=1S/C21H20N2O2/c24-19-11-5-4-9-17(19)15-20(25)23-14-13-22-12-6-10-18(22)21(23)16-7-2-1-3-8-16/h1-12,21,24H,13-15H2/t21-/m1/s1. The minimum Gasteiger partial charge on any atom is -0.508 e. The van der Waals surface area contributed by atoms with E-state index in [0.29, 0.717) is 12.1 Å². The zero-order chi connectivity index (χ0) is 17.2. The van der Waals surface area contributed by atoms with Gasteiger partial charge in [0, 0.05) is 30.5 Å². The third-order valence-corrected chi connectivity index (χ3v) is 4.81. The molecular weight excluding hydrogens is 312 g/mol. The summed E-state index contributed by atoms with van der Waals surface area (Å²) in [7, 11) is 0. The third kappa shape index (κ3) is 2.91. The van der Waals surface area contributed by atoms with Crippen molar-refractivity contribution >= 4 is 5.91 Å². The number of hydrogen-bond acceptors (Lipinski definition) is 2. The van der Waals surface area contributed by atoms with Crippen LogP contribution >= 0.6 is 0 Å². The Morgan fingerprint density at radius 3 is 2.52 bits per heavy atom. The predicted molar refractivity (Wildman–Crippen MR) is 96.2 cm³/mol. The average molecular weight is 332 g/mol. The van der Waals surface area contributed by atoms with Gasteiger partial charge >= 0.3 is 0 Å². The molecule has 0 saturated heterocycles. The van der Waals surface area contributed by atoms with Gasteiger partial charge in [0.25, 0.3) is 0 Å². The molecule has 2 heterocycles. The van der Waals surface area contributed by atoms with Crippen LogP contribution in [0.15, 0.2) is 72.9 Å². The van der Waals surface area contributed by atoms with Gasteiger partial charge in [0.15, 0.2) is 0 Å². The summed E-state index contributed by atoms with van der Waals surface area (Å²) in [4.78, 5) is 15.0. The smallest absolute Gasteiger partial charge is 0.228 e. The topological polar surface area (TPSA) is 45.5 Å². The summed E-state index contributed by atoms with van der Waals surface area (Å²) >= 11 is 0. The van der Waals surface area contributed by atoms with E-state index in [1.165, 1.54) is 0 Å². The Kier molecular flexibility index (Phi) is 4.02. The van der Waals surface area contributed by atoms with Crippen LogP contribution in [0.2, 0.25) is 0 Å². The molecule has 3 aromatic rings. The van der Waals surface area contributed by atoms with Gasteiger partial charge in [-0.25, -0.2) is 0 Å². The largest absolute Gasteiger partial charge is 0.508 e. The zero-order valence-electron chi connectivity index (χ0n) is 13.9. The number of phenolic OH excluding ortho intramolecular Hbond substituents is 1. The van der Waals surface area contributed by atoms with Crippen LogP contribution < -0.4 is 0 Å². The van der Waals surface area contributed by atoms with Gasteiger partial charge in [-0.1, -0.05) is 48.5 Å². The Hall–Kier alpha value is -3.01. The van der Waals surface area contributed by atoms with Crippen LogP contribution in [0, 0.1) is 0 Å². The van der Waals surface area contributed by atoms with Crippen molar-refractivity contribution < 1.29 is 9.90 Å². The molecule has 0 bridgehead atoms. The number of rotatable bonds is 3. The summed E-state index contributed by atoms with van der Waals surface area (Å²) in [6.07, 6.45) is 2.27. The van der Waals surface area contributed by atoms with Crippen molar-refractivity contribution in [1.82, 2.24) is 9.47 Å². The second-order valence-electron chi connectivity index (χ2n) is 6.33. The van der Waals surface area contributed by atoms with Crippen LogP contribution in [0.4, 0.5) is 0 Å². The summed E-state index contributed by atoms with van der Waals surface area (Å²) < 4.78 is 2.21. The van der Waals surface area contributed by atoms with Gasteiger partial charge in [-0.3, -0.25) is 4.79 Å². The highest BCUT2D eigenvalue weighted by Crippen LogP contribution is 2.33. The molecule has 0 saturated carbocycles. The van der Waals surface area contributed by atoms with Gasteiger partial charge in [-0.15, -0.1) is 0 Å². The van der Waals surface area contributed by atoms with Crippen molar-refractivity contribution in [1.29, 1.82) is 0 Å². The second kappa shape index (κ2) is 6.48. The lowest BCUT2D eigenvalue weighted by Crippen LogP contribution is -2.43. The second-order valence-corrected chi connectivity index (χ2v) is 6.33. The summed E-state index contributed by atoms with van der Waals surface area (Å²) in [6.45, 7) is 1.45. The first kappa shape index (κ1) is 15.5. The zero-order valence-corrected chi connectivity index (χ0v) is 13.9. The van der Waals surface area contributed by atoms with Gasteiger partial charge < -0.3 is 14.6 Å². The van der Waals surface area contributed by atoms with Crippen LogP contribution in [-0.2, 0) is 17.8 Å². The van der Waals surface area contributed by atoms with E-state index >= 15 is 0 Å². The van der Waals surface area contributed by atoms with Crippen molar-refractivity contribution in [3.63, 3.8) is 0 Å². The fourth-order valence-electron chi connectivity index (χ4n) is 3.56. The summed E-state index contributed by atoms with van der Waals surface area (Å²) in [5, 5.41) is 9.99. The first-order chi connectivity index (χ1) is 12.2. The molecule has 1 atom stereocenters. The molecular formula is C21H20N2O2. The molecule has 0 aliphatic carbocycles. The van der Waals surface area contributed by atoms with Crippen molar-refractivity contribution in [2.24, 2.45) is 0 Å². The summed E-state index contributed by atoms with van der Waals surface area (Å²) in [5.74, 6) is 0.204. The molecule has 25 heavy (non-hydrogen) atoms. The highest BCUT2D eigenvalue weighted by Gasteiger charge is 2.32. The van der Waals surface area contributed by atoms with Gasteiger partial charge in [0.1, 0.15) is 5.75 Å². The van der Waals surface area contributed by atoms with Gasteiger partial charge in [0.2, 0.25) is 5.91 Å². The Morgan fingerprint density at radius 2 is 1.72 bits per heavy atom. The maximum absolute atomic E-state index is 13.0. The number of carbonyl (C=O) groups is 1. The normalized spacial score (nSPS) is 16.5. The van der Waals surface area contributed by atoms with E-state index in [-0.39, 0.29) is 24.1 Å². The van der Waals surface area contributed by atoms with E-state index in [1.807, 2.05) is 35.2 Å². The number of phenols is 1. The van der Waals surface area contributed by atoms with E-state index < -0.39 is 0 Å². The van der Waals surface area contributed by atoms with E-state index in [1.54, 1.807) is 18.2 Å². The molecule has 1 aliphatic heterocycles. The molecule has 0 radical (unpaired) electrons. The Bertz CT molecular complexity index is 886. The monoisotopic (exact) mass is 332 g/mol. The summed E-state index contributed by atoms with van der Waals surface area (Å²) in [5.41, 5.74) is 2.90. The van der Waals surface area contributed by atoms with Crippen LogP contribution in [-0.4, -0.2) is 27.0 Å². The van der Waals surface area contributed by atoms with Gasteiger partial charge in [-0.2, -0.15) is 0 Å². The Balaban J connectivity index is 1.68. The predicted octanol–water partition coefficient (Wildman–Crippen LogP) is 3.37. The molecule has 1 aromatic heterocycles. The van der Waals surface area contributed by atoms with Gasteiger partial charge in [0.05, 0.1) is 12.5 Å². The number of para-hydroxylation sites is 1. The lowest BCUT2D eigenvalue weighted by molar-refractivity contribution is -0.133. The number of fused-ring (bicyclic) bond motifs is 1. The summed E-state index contributed by atoms with van der Waals surface area (Å²) in [6, 6.07) is 21.2. The number of aromatic hydroxyl groups is 1. The SMILES string of the molecule is O=C(Cc1ccccc1O)N1CCn2cccc2[C@H]1c1ccccc1. The maximum atomic E-state index is 13.0. The Morgan fingerprint density at radius 1 is 0.960 bits per heavy atom. The van der Waals surface area contributed by atoms with E-state index in [9.17, 15) is 9.90 Å². The van der Waals surface area contributed by atoms with Crippen LogP contribution in [0.1, 0.15) is 22.9 Å². The number of carbonyl (C=O) groups excluding carboxylic acids is 1. The highest BCUT2D eigenvalue weighted by atomic mass is 16.3. The fraction of sp³-hybridized carbons (Fsp3) is 0.190. The highest BCUT2D eigenvalue weighted by molar-refractivity contribution is 5.80. The lowest BCUT2D eigenvalue weighted by Gasteiger charge is -2.37. The maximum Gasteiger partial charge on any atom is 0.228 e. The van der Waals surface area contributed by atoms with E-state index in [0.717, 1.165) is 17.8 Å². The molecule has 1 N–H and O–H groups in total. The Labute approximate surface area is 146 Å². The lowest BCUT2D eigenvalue weighted by atomic mass is 9.99. The first-order valence-electron chi connectivity index (χ1n) is 8.50. The van der Waals surface area contributed by atoms with Crippen molar-refractivity contribution in [3.8, 4) is 5.75 Å². The van der Waals surface area contributed by atoms with Crippen molar-refractivity contribution in [2.45, 2.75) is 19.0 Å². The molecule has 4 nitrogen and oxygen atoms in total. The van der Waals surface area contributed by atoms with E-state index in [4.69, 9.17) is 0 Å². The number of benzene rings is 2. The first-order valence-corrected chi connectivity index (χ1v) is 8.50. The molecule has 1 aliphatic rings. The molecule has 0 fully saturated rings. The minimum absolute atomic E-state index is 0.0304. The quantitative estimate of drug-likeness (QED) is 0.799. The molecule has 4 heteroatoms. The van der Waals surface area contributed by atoms with Crippen LogP contribution in [0.3, 0.4) is 0 Å². The van der Waals surface area contributed by atoms with E-state index in [2.05, 4.69) is 29.0 Å². The molecule has 0 spiro atoms.